The minimum atomic E-state index is -0.209. The van der Waals surface area contributed by atoms with E-state index in [0.29, 0.717) is 18.5 Å². The second-order valence-electron chi connectivity index (χ2n) is 8.98. The predicted octanol–water partition coefficient (Wildman–Crippen LogP) is 2.11. The maximum Gasteiger partial charge on any atom is 0.191 e. The van der Waals surface area contributed by atoms with E-state index >= 15 is 0 Å². The van der Waals surface area contributed by atoms with Crippen LogP contribution in [0, 0.1) is 11.7 Å². The van der Waals surface area contributed by atoms with Crippen LogP contribution in [0.3, 0.4) is 0 Å². The van der Waals surface area contributed by atoms with Crippen molar-refractivity contribution in [3.63, 3.8) is 0 Å². The zero-order chi connectivity index (χ0) is 22.8. The lowest BCUT2D eigenvalue weighted by molar-refractivity contribution is 0.0131. The third-order valence-electron chi connectivity index (χ3n) is 6.24. The van der Waals surface area contributed by atoms with E-state index in [-0.39, 0.29) is 11.9 Å². The van der Waals surface area contributed by atoms with Crippen LogP contribution in [0.5, 0.6) is 0 Å². The number of morpholine rings is 2. The number of ether oxygens (including phenoxy) is 2. The lowest BCUT2D eigenvalue weighted by Gasteiger charge is -2.36. The van der Waals surface area contributed by atoms with Crippen molar-refractivity contribution in [1.82, 2.24) is 20.4 Å². The maximum atomic E-state index is 13.5. The van der Waals surface area contributed by atoms with Crippen LogP contribution in [0.4, 0.5) is 4.39 Å². The molecule has 1 aromatic carbocycles. The van der Waals surface area contributed by atoms with Gasteiger partial charge in [0.05, 0.1) is 32.5 Å². The number of aliphatic imine (C=N–C) groups is 1. The molecule has 0 amide bonds. The van der Waals surface area contributed by atoms with E-state index in [1.807, 2.05) is 19.2 Å². The molecule has 2 atom stereocenters. The fraction of sp³-hybridized carbons (Fsp3) is 0.708. The van der Waals surface area contributed by atoms with Gasteiger partial charge in [0.1, 0.15) is 5.82 Å². The summed E-state index contributed by atoms with van der Waals surface area (Å²) in [5.74, 6) is 1.22. The molecule has 2 aliphatic rings. The summed E-state index contributed by atoms with van der Waals surface area (Å²) in [6.45, 7) is 12.8. The summed E-state index contributed by atoms with van der Waals surface area (Å²) in [7, 11) is 1.81. The van der Waals surface area contributed by atoms with E-state index in [2.05, 4.69) is 39.3 Å². The van der Waals surface area contributed by atoms with Crippen molar-refractivity contribution >= 4 is 5.96 Å². The standard InChI is InChI=1S/C24H40FN5O2/c1-19(2)16-22(29-8-12-31-13-9-29)17-27-24(26-3)28-18-23(30-10-14-32-15-11-30)20-4-6-21(25)7-5-20/h4-7,19,22-23H,8-18H2,1-3H3,(H2,26,27,28). The lowest BCUT2D eigenvalue weighted by atomic mass is 10.0. The Kier molecular flexibility index (Phi) is 10.2. The quantitative estimate of drug-likeness (QED) is 0.445. The summed E-state index contributed by atoms with van der Waals surface area (Å²) in [4.78, 5) is 9.38. The first-order valence-electron chi connectivity index (χ1n) is 11.9. The largest absolute Gasteiger partial charge is 0.379 e. The first-order chi connectivity index (χ1) is 15.6. The van der Waals surface area contributed by atoms with E-state index < -0.39 is 0 Å². The van der Waals surface area contributed by atoms with Gasteiger partial charge < -0.3 is 20.1 Å². The van der Waals surface area contributed by atoms with Gasteiger partial charge in [-0.05, 0) is 30.0 Å². The third-order valence-corrected chi connectivity index (χ3v) is 6.24. The van der Waals surface area contributed by atoms with Crippen molar-refractivity contribution in [3.8, 4) is 0 Å². The predicted molar refractivity (Wildman–Crippen MR) is 127 cm³/mol. The molecule has 2 heterocycles. The second-order valence-corrected chi connectivity index (χ2v) is 8.98. The number of halogens is 1. The van der Waals surface area contributed by atoms with Gasteiger partial charge in [0.15, 0.2) is 5.96 Å². The molecule has 180 valence electrons. The van der Waals surface area contributed by atoms with Gasteiger partial charge >= 0.3 is 0 Å². The Labute approximate surface area is 192 Å². The monoisotopic (exact) mass is 449 g/mol. The molecule has 1 aromatic rings. The fourth-order valence-corrected chi connectivity index (χ4v) is 4.51. The molecule has 0 bridgehead atoms. The molecule has 2 saturated heterocycles. The van der Waals surface area contributed by atoms with Gasteiger partial charge in [-0.1, -0.05) is 26.0 Å². The molecule has 0 saturated carbocycles. The van der Waals surface area contributed by atoms with E-state index in [1.165, 1.54) is 12.1 Å². The molecule has 32 heavy (non-hydrogen) atoms. The molecular weight excluding hydrogens is 409 g/mol. The smallest absolute Gasteiger partial charge is 0.191 e. The Balaban J connectivity index is 1.59. The van der Waals surface area contributed by atoms with Crippen molar-refractivity contribution in [1.29, 1.82) is 0 Å². The number of hydrogen-bond donors (Lipinski definition) is 2. The van der Waals surface area contributed by atoms with Crippen molar-refractivity contribution in [3.05, 3.63) is 35.6 Å². The van der Waals surface area contributed by atoms with Crippen LogP contribution in [-0.2, 0) is 9.47 Å². The van der Waals surface area contributed by atoms with Crippen LogP contribution in [0.15, 0.2) is 29.3 Å². The molecule has 2 unspecified atom stereocenters. The molecule has 3 rings (SSSR count). The average molecular weight is 450 g/mol. The van der Waals surface area contributed by atoms with Crippen LogP contribution >= 0.6 is 0 Å². The van der Waals surface area contributed by atoms with Crippen LogP contribution in [0.1, 0.15) is 31.9 Å². The highest BCUT2D eigenvalue weighted by molar-refractivity contribution is 5.79. The minimum absolute atomic E-state index is 0.128. The first kappa shape index (κ1) is 24.9. The summed E-state index contributed by atoms with van der Waals surface area (Å²) >= 11 is 0. The molecule has 0 radical (unpaired) electrons. The van der Waals surface area contributed by atoms with Crippen molar-refractivity contribution in [2.75, 3.05) is 72.7 Å². The first-order valence-corrected chi connectivity index (χ1v) is 11.9. The Bertz CT molecular complexity index is 688. The zero-order valence-electron chi connectivity index (χ0n) is 19.9. The lowest BCUT2D eigenvalue weighted by Crippen LogP contribution is -2.52. The molecule has 0 spiro atoms. The number of benzene rings is 1. The Morgan fingerprint density at radius 1 is 0.938 bits per heavy atom. The molecule has 2 N–H and O–H groups in total. The fourth-order valence-electron chi connectivity index (χ4n) is 4.51. The maximum absolute atomic E-state index is 13.5. The second kappa shape index (κ2) is 13.1. The molecule has 2 fully saturated rings. The van der Waals surface area contributed by atoms with Crippen molar-refractivity contribution in [2.45, 2.75) is 32.4 Å². The SMILES string of the molecule is CN=C(NCC(CC(C)C)N1CCOCC1)NCC(c1ccc(F)cc1)N1CCOCC1. The molecule has 0 aliphatic carbocycles. The highest BCUT2D eigenvalue weighted by atomic mass is 19.1. The topological polar surface area (TPSA) is 61.4 Å². The summed E-state index contributed by atoms with van der Waals surface area (Å²) in [6, 6.07) is 7.41. The Morgan fingerprint density at radius 2 is 1.50 bits per heavy atom. The van der Waals surface area contributed by atoms with Gasteiger partial charge in [0.2, 0.25) is 0 Å². The highest BCUT2D eigenvalue weighted by Crippen LogP contribution is 2.21. The summed E-state index contributed by atoms with van der Waals surface area (Å²) in [5, 5.41) is 7.06. The average Bonchev–Trinajstić information content (AvgIpc) is 2.82. The normalized spacial score (nSPS) is 20.8. The number of guanidine groups is 1. The number of hydrogen-bond acceptors (Lipinski definition) is 5. The molecule has 8 heteroatoms. The third kappa shape index (κ3) is 7.69. The van der Waals surface area contributed by atoms with Gasteiger partial charge in [0.25, 0.3) is 0 Å². The van der Waals surface area contributed by atoms with Crippen LogP contribution in [0.25, 0.3) is 0 Å². The summed E-state index contributed by atoms with van der Waals surface area (Å²) < 4.78 is 24.6. The number of rotatable bonds is 9. The summed E-state index contributed by atoms with van der Waals surface area (Å²) in [6.07, 6.45) is 1.13. The van der Waals surface area contributed by atoms with E-state index in [1.54, 1.807) is 0 Å². The molecule has 2 aliphatic heterocycles. The van der Waals surface area contributed by atoms with E-state index in [9.17, 15) is 4.39 Å². The van der Waals surface area contributed by atoms with Gasteiger partial charge in [0, 0.05) is 52.4 Å². The van der Waals surface area contributed by atoms with Gasteiger partial charge in [-0.2, -0.15) is 0 Å². The van der Waals surface area contributed by atoms with Gasteiger partial charge in [-0.3, -0.25) is 14.8 Å². The van der Waals surface area contributed by atoms with Gasteiger partial charge in [-0.25, -0.2) is 4.39 Å². The number of nitrogens with zero attached hydrogens (tertiary/aromatic N) is 3. The van der Waals surface area contributed by atoms with Crippen LogP contribution in [0.2, 0.25) is 0 Å². The van der Waals surface area contributed by atoms with Gasteiger partial charge in [-0.15, -0.1) is 0 Å². The zero-order valence-corrected chi connectivity index (χ0v) is 19.9. The number of nitrogens with one attached hydrogen (secondary N) is 2. The minimum Gasteiger partial charge on any atom is -0.379 e. The van der Waals surface area contributed by atoms with E-state index in [4.69, 9.17) is 9.47 Å². The summed E-state index contributed by atoms with van der Waals surface area (Å²) in [5.41, 5.74) is 1.10. The Morgan fingerprint density at radius 3 is 2.06 bits per heavy atom. The molecule has 0 aromatic heterocycles. The van der Waals surface area contributed by atoms with Crippen LogP contribution < -0.4 is 10.6 Å². The molecule has 7 nitrogen and oxygen atoms in total. The van der Waals surface area contributed by atoms with Crippen molar-refractivity contribution in [2.24, 2.45) is 10.9 Å². The highest BCUT2D eigenvalue weighted by Gasteiger charge is 2.24. The van der Waals surface area contributed by atoms with Crippen molar-refractivity contribution < 1.29 is 13.9 Å². The van der Waals surface area contributed by atoms with Crippen LogP contribution in [-0.4, -0.2) is 94.5 Å². The Hall–Kier alpha value is -1.74. The van der Waals surface area contributed by atoms with E-state index in [0.717, 1.165) is 77.1 Å². The molecular formula is C24H40FN5O2.